The number of primary amides is 1. The Labute approximate surface area is 225 Å². The number of aromatic nitrogens is 1. The van der Waals surface area contributed by atoms with Crippen LogP contribution in [0.15, 0.2) is 59.7 Å². The van der Waals surface area contributed by atoms with Gasteiger partial charge >= 0.3 is 6.03 Å². The molecule has 1 heterocycles. The van der Waals surface area contributed by atoms with Gasteiger partial charge in [0.25, 0.3) is 11.9 Å². The average molecular weight is 539 g/mol. The number of aliphatic carboxylic acids is 1. The number of nitrogens with zero attached hydrogens (tertiary/aromatic N) is 1. The van der Waals surface area contributed by atoms with Crippen LogP contribution in [-0.2, 0) is 22.7 Å². The number of guanidine groups is 1. The number of rotatable bonds is 11. The summed E-state index contributed by atoms with van der Waals surface area (Å²) in [5, 5.41) is 16.4. The van der Waals surface area contributed by atoms with E-state index in [4.69, 9.17) is 27.1 Å². The fraction of sp³-hybridized carbons (Fsp3) is 0.269. The topological polar surface area (TPSA) is 231 Å². The van der Waals surface area contributed by atoms with Crippen LogP contribution in [0.3, 0.4) is 0 Å². The van der Waals surface area contributed by atoms with E-state index in [-0.39, 0.29) is 24.3 Å². The molecule has 0 fully saturated rings. The maximum Gasteiger partial charge on any atom is 0.312 e. The highest BCUT2D eigenvalue weighted by molar-refractivity contribution is 6.07. The molecule has 13 heteroatoms. The predicted molar refractivity (Wildman–Crippen MR) is 147 cm³/mol. The second-order valence-electron chi connectivity index (χ2n) is 8.49. The number of carbonyl (C=O) groups is 4. The number of fused-ring (bicyclic) bond motifs is 1. The minimum absolute atomic E-state index is 0.0244. The van der Waals surface area contributed by atoms with Crippen molar-refractivity contribution >= 4 is 40.7 Å². The zero-order valence-corrected chi connectivity index (χ0v) is 21.6. The van der Waals surface area contributed by atoms with E-state index in [1.165, 1.54) is 0 Å². The van der Waals surface area contributed by atoms with Gasteiger partial charge in [0.1, 0.15) is 6.04 Å². The number of carboxylic acid groups (broad SMARTS) is 1. The molecule has 2 aromatic carbocycles. The Kier molecular flexibility index (Phi) is 11.8. The number of nitrogens with two attached hydrogens (primary N) is 3. The lowest BCUT2D eigenvalue weighted by Gasteiger charge is -2.19. The Morgan fingerprint density at radius 1 is 0.949 bits per heavy atom. The van der Waals surface area contributed by atoms with Crippen molar-refractivity contribution in [2.45, 2.75) is 38.9 Å². The van der Waals surface area contributed by atoms with Crippen LogP contribution >= 0.6 is 0 Å². The van der Waals surface area contributed by atoms with E-state index in [1.54, 1.807) is 18.3 Å². The number of benzene rings is 2. The second-order valence-corrected chi connectivity index (χ2v) is 8.49. The highest BCUT2D eigenvalue weighted by Gasteiger charge is 2.22. The van der Waals surface area contributed by atoms with E-state index in [0.29, 0.717) is 31.5 Å². The van der Waals surface area contributed by atoms with E-state index >= 15 is 0 Å². The lowest BCUT2D eigenvalue weighted by molar-refractivity contribution is -0.134. The summed E-state index contributed by atoms with van der Waals surface area (Å²) in [7, 11) is 0. The summed E-state index contributed by atoms with van der Waals surface area (Å²) in [6.07, 6.45) is 2.62. The number of carbonyl (C=O) groups excluding carboxylic acids is 3. The molecular weight excluding hydrogens is 504 g/mol. The molecule has 11 N–H and O–H groups in total. The Morgan fingerprint density at radius 3 is 2.15 bits per heavy atom. The average Bonchev–Trinajstić information content (AvgIpc) is 3.37. The van der Waals surface area contributed by atoms with Gasteiger partial charge in [-0.15, -0.1) is 0 Å². The van der Waals surface area contributed by atoms with E-state index in [9.17, 15) is 14.4 Å². The summed E-state index contributed by atoms with van der Waals surface area (Å²) in [4.78, 5) is 52.9. The summed E-state index contributed by atoms with van der Waals surface area (Å²) in [5.74, 6) is -1.52. The normalized spacial score (nSPS) is 10.9. The van der Waals surface area contributed by atoms with Crippen molar-refractivity contribution in [2.75, 3.05) is 6.54 Å². The molecule has 208 valence electrons. The minimum Gasteiger partial charge on any atom is -0.481 e. The van der Waals surface area contributed by atoms with Crippen LogP contribution in [0.25, 0.3) is 10.9 Å². The fourth-order valence-corrected chi connectivity index (χ4v) is 3.57. The predicted octanol–water partition coefficient (Wildman–Crippen LogP) is 0.896. The summed E-state index contributed by atoms with van der Waals surface area (Å²) in [6.45, 7) is 2.02. The first-order chi connectivity index (χ1) is 18.6. The van der Waals surface area contributed by atoms with Crippen molar-refractivity contribution in [3.63, 3.8) is 0 Å². The van der Waals surface area contributed by atoms with Gasteiger partial charge in [-0.05, 0) is 42.2 Å². The lowest BCUT2D eigenvalue weighted by atomic mass is 10.1. The summed E-state index contributed by atoms with van der Waals surface area (Å²) in [6, 6.07) is 13.2. The monoisotopic (exact) mass is 538 g/mol. The molecule has 4 amide bonds. The zero-order chi connectivity index (χ0) is 28.8. The van der Waals surface area contributed by atoms with E-state index < -0.39 is 18.0 Å². The molecule has 0 unspecified atom stereocenters. The van der Waals surface area contributed by atoms with Crippen LogP contribution < -0.4 is 33.2 Å². The second kappa shape index (κ2) is 15.2. The molecule has 0 radical (unpaired) electrons. The largest absolute Gasteiger partial charge is 0.481 e. The molecule has 0 saturated heterocycles. The Hall–Kier alpha value is -5.07. The molecule has 0 spiro atoms. The van der Waals surface area contributed by atoms with Crippen molar-refractivity contribution in [1.29, 1.82) is 0 Å². The molecule has 0 aliphatic rings. The van der Waals surface area contributed by atoms with Gasteiger partial charge in [-0.3, -0.25) is 19.4 Å². The zero-order valence-electron chi connectivity index (χ0n) is 21.6. The molecule has 3 aromatic rings. The van der Waals surface area contributed by atoms with Gasteiger partial charge in [-0.1, -0.05) is 30.3 Å². The van der Waals surface area contributed by atoms with Gasteiger partial charge in [-0.2, -0.15) is 0 Å². The number of hydrogen-bond acceptors (Lipinski definition) is 5. The van der Waals surface area contributed by atoms with Gasteiger partial charge in [0.15, 0.2) is 5.96 Å². The molecule has 39 heavy (non-hydrogen) atoms. The molecule has 1 aromatic heterocycles. The summed E-state index contributed by atoms with van der Waals surface area (Å²) < 4.78 is 0. The Bertz CT molecular complexity index is 1300. The molecule has 1 atom stereocenters. The Balaban J connectivity index is 0.00000124. The van der Waals surface area contributed by atoms with Gasteiger partial charge < -0.3 is 43.2 Å². The third-order valence-corrected chi connectivity index (χ3v) is 5.36. The highest BCUT2D eigenvalue weighted by Crippen LogP contribution is 2.17. The highest BCUT2D eigenvalue weighted by atomic mass is 16.4. The smallest absolute Gasteiger partial charge is 0.312 e. The molecule has 0 bridgehead atoms. The third-order valence-electron chi connectivity index (χ3n) is 5.36. The van der Waals surface area contributed by atoms with Crippen molar-refractivity contribution in [2.24, 2.45) is 22.2 Å². The number of carboxylic acids is 1. The first-order valence-electron chi connectivity index (χ1n) is 12.1. The van der Waals surface area contributed by atoms with Gasteiger partial charge in [0, 0.05) is 49.2 Å². The molecular formula is C26H34N8O5. The van der Waals surface area contributed by atoms with Crippen molar-refractivity contribution < 1.29 is 24.3 Å². The van der Waals surface area contributed by atoms with Gasteiger partial charge in [0.2, 0.25) is 5.91 Å². The van der Waals surface area contributed by atoms with Crippen molar-refractivity contribution in [3.8, 4) is 0 Å². The number of urea groups is 1. The van der Waals surface area contributed by atoms with Gasteiger partial charge in [0.05, 0.1) is 0 Å². The molecule has 0 aliphatic heterocycles. The van der Waals surface area contributed by atoms with Crippen LogP contribution in [0.4, 0.5) is 4.79 Å². The summed E-state index contributed by atoms with van der Waals surface area (Å²) in [5.41, 5.74) is 18.9. The Morgan fingerprint density at radius 2 is 1.56 bits per heavy atom. The van der Waals surface area contributed by atoms with Crippen LogP contribution in [0.5, 0.6) is 0 Å². The fourth-order valence-electron chi connectivity index (χ4n) is 3.57. The number of hydrogen-bond donors (Lipinski definition) is 8. The quantitative estimate of drug-likeness (QED) is 0.0997. The molecule has 0 aliphatic carbocycles. The first-order valence-corrected chi connectivity index (χ1v) is 12.1. The minimum atomic E-state index is -0.833. The number of aromatic amines is 1. The first kappa shape index (κ1) is 30.2. The van der Waals surface area contributed by atoms with Crippen molar-refractivity contribution in [3.05, 3.63) is 71.4 Å². The number of amides is 4. The standard InChI is InChI=1S/C24H30N8O3.C2H4O2/c25-23(26)29-11-2-5-20(32-21(33)18-3-1-4-19-17(18)10-12-28-19)22(34)30-13-15-6-8-16(9-7-15)14-31-24(27)35;1-2(3)4/h1,3-4,6-10,12,20,28H,2,5,11,13-14H2,(H,30,34)(H,32,33)(H4,25,26,29)(H3,27,31,35);1H3,(H,3,4)/t20-;/m1./s1. The summed E-state index contributed by atoms with van der Waals surface area (Å²) >= 11 is 0. The van der Waals surface area contributed by atoms with Crippen molar-refractivity contribution in [1.82, 2.24) is 20.9 Å². The third kappa shape index (κ3) is 10.8. The number of aliphatic imine (C=N–C) groups is 1. The maximum absolute atomic E-state index is 13.0. The van der Waals surface area contributed by atoms with E-state index in [2.05, 4.69) is 25.9 Å². The molecule has 3 rings (SSSR count). The number of H-pyrrole nitrogens is 1. The molecule has 0 saturated carbocycles. The van der Waals surface area contributed by atoms with Crippen LogP contribution in [0, 0.1) is 0 Å². The number of nitrogens with one attached hydrogen (secondary N) is 4. The maximum atomic E-state index is 13.0. The van der Waals surface area contributed by atoms with Gasteiger partial charge in [-0.25, -0.2) is 4.79 Å². The van der Waals surface area contributed by atoms with Crippen LogP contribution in [-0.4, -0.2) is 52.5 Å². The van der Waals surface area contributed by atoms with E-state index in [1.807, 2.05) is 36.4 Å². The van der Waals surface area contributed by atoms with E-state index in [0.717, 1.165) is 29.0 Å². The van der Waals surface area contributed by atoms with Crippen LogP contribution in [0.2, 0.25) is 0 Å². The SMILES string of the molecule is CC(=O)O.NC(=O)NCc1ccc(CNC(=O)[C@@H](CCCN=C(N)N)NC(=O)c2cccc3[nH]ccc23)cc1. The van der Waals surface area contributed by atoms with Crippen LogP contribution in [0.1, 0.15) is 41.3 Å². The lowest BCUT2D eigenvalue weighted by Crippen LogP contribution is -2.46. The molecule has 13 nitrogen and oxygen atoms in total.